The molecule has 1 saturated heterocycles. The fraction of sp³-hybridized carbons (Fsp3) is 0.346. The summed E-state index contributed by atoms with van der Waals surface area (Å²) < 4.78 is 10.6. The van der Waals surface area contributed by atoms with Crippen molar-refractivity contribution in [3.63, 3.8) is 0 Å². The third kappa shape index (κ3) is 6.41. The van der Waals surface area contributed by atoms with Crippen LogP contribution in [0.3, 0.4) is 0 Å². The van der Waals surface area contributed by atoms with Crippen molar-refractivity contribution in [1.82, 2.24) is 9.97 Å². The summed E-state index contributed by atoms with van der Waals surface area (Å²) >= 11 is 1.32. The molecule has 34 heavy (non-hydrogen) atoms. The molecule has 0 atom stereocenters. The molecule has 0 saturated carbocycles. The van der Waals surface area contributed by atoms with Crippen molar-refractivity contribution in [2.24, 2.45) is 5.92 Å². The number of rotatable bonds is 9. The standard InChI is InChI=1S/C26H30N4O3S/c1-32-21-8-9-23(33-2)22(17-21)28-25(31)18-34-26-27-13-10-24(29-26)30-14-11-20(12-15-30)16-19-6-4-3-5-7-19/h3-10,13,17,20H,11-12,14-16,18H2,1-2H3,(H,28,31). The second kappa shape index (κ2) is 11.7. The minimum atomic E-state index is -0.160. The van der Waals surface area contributed by atoms with Crippen LogP contribution < -0.4 is 19.7 Å². The Morgan fingerprint density at radius 2 is 1.88 bits per heavy atom. The summed E-state index contributed by atoms with van der Waals surface area (Å²) in [5, 5.41) is 3.47. The van der Waals surface area contributed by atoms with Gasteiger partial charge in [0, 0.05) is 25.4 Å². The first kappa shape index (κ1) is 23.9. The second-order valence-electron chi connectivity index (χ2n) is 8.22. The van der Waals surface area contributed by atoms with Gasteiger partial charge in [0.15, 0.2) is 5.16 Å². The number of ether oxygens (including phenoxy) is 2. The predicted molar refractivity (Wildman–Crippen MR) is 136 cm³/mol. The Labute approximate surface area is 204 Å². The number of thioether (sulfide) groups is 1. The van der Waals surface area contributed by atoms with E-state index in [1.165, 1.54) is 17.3 Å². The molecule has 0 spiro atoms. The van der Waals surface area contributed by atoms with E-state index >= 15 is 0 Å². The van der Waals surface area contributed by atoms with Gasteiger partial charge in [0.1, 0.15) is 17.3 Å². The number of piperidine rings is 1. The van der Waals surface area contributed by atoms with Gasteiger partial charge in [-0.25, -0.2) is 9.97 Å². The molecular weight excluding hydrogens is 448 g/mol. The quantitative estimate of drug-likeness (QED) is 0.353. The predicted octanol–water partition coefficient (Wildman–Crippen LogP) is 4.68. The summed E-state index contributed by atoms with van der Waals surface area (Å²) in [5.41, 5.74) is 1.98. The van der Waals surface area contributed by atoms with Crippen LogP contribution in [0.4, 0.5) is 11.5 Å². The van der Waals surface area contributed by atoms with Crippen molar-refractivity contribution in [3.05, 3.63) is 66.4 Å². The number of anilines is 2. The van der Waals surface area contributed by atoms with Crippen LogP contribution >= 0.6 is 11.8 Å². The van der Waals surface area contributed by atoms with Crippen molar-refractivity contribution in [2.75, 3.05) is 43.3 Å². The van der Waals surface area contributed by atoms with Crippen LogP contribution in [0.2, 0.25) is 0 Å². The van der Waals surface area contributed by atoms with Crippen molar-refractivity contribution >= 4 is 29.2 Å². The van der Waals surface area contributed by atoms with E-state index in [1.54, 1.807) is 38.6 Å². The smallest absolute Gasteiger partial charge is 0.234 e. The van der Waals surface area contributed by atoms with Crippen LogP contribution in [0.1, 0.15) is 18.4 Å². The highest BCUT2D eigenvalue weighted by Gasteiger charge is 2.21. The zero-order valence-electron chi connectivity index (χ0n) is 19.6. The molecular formula is C26H30N4O3S. The molecule has 1 aliphatic rings. The van der Waals surface area contributed by atoms with Crippen molar-refractivity contribution in [3.8, 4) is 11.5 Å². The highest BCUT2D eigenvalue weighted by molar-refractivity contribution is 7.99. The molecule has 2 heterocycles. The number of nitrogens with zero attached hydrogens (tertiary/aromatic N) is 3. The topological polar surface area (TPSA) is 76.6 Å². The second-order valence-corrected chi connectivity index (χ2v) is 9.16. The van der Waals surface area contributed by atoms with Crippen LogP contribution in [0, 0.1) is 5.92 Å². The van der Waals surface area contributed by atoms with Crippen molar-refractivity contribution < 1.29 is 14.3 Å². The monoisotopic (exact) mass is 478 g/mol. The minimum Gasteiger partial charge on any atom is -0.497 e. The van der Waals surface area contributed by atoms with Crippen LogP contribution in [-0.2, 0) is 11.2 Å². The van der Waals surface area contributed by atoms with E-state index in [0.29, 0.717) is 28.3 Å². The molecule has 0 aliphatic carbocycles. The number of hydrogen-bond acceptors (Lipinski definition) is 7. The molecule has 1 aromatic heterocycles. The van der Waals surface area contributed by atoms with E-state index in [0.717, 1.165) is 38.2 Å². The number of carbonyl (C=O) groups excluding carboxylic acids is 1. The maximum Gasteiger partial charge on any atom is 0.234 e. The van der Waals surface area contributed by atoms with Gasteiger partial charge >= 0.3 is 0 Å². The van der Waals surface area contributed by atoms with Gasteiger partial charge in [-0.05, 0) is 48.9 Å². The molecule has 0 radical (unpaired) electrons. The fourth-order valence-corrected chi connectivity index (χ4v) is 4.75. The van der Waals surface area contributed by atoms with Crippen LogP contribution in [0.5, 0.6) is 11.5 Å². The van der Waals surface area contributed by atoms with Crippen LogP contribution in [0.25, 0.3) is 0 Å². The Morgan fingerprint density at radius 3 is 2.62 bits per heavy atom. The summed E-state index contributed by atoms with van der Waals surface area (Å²) in [6.07, 6.45) is 5.19. The van der Waals surface area contributed by atoms with Crippen LogP contribution in [0.15, 0.2) is 66.0 Å². The molecule has 7 nitrogen and oxygen atoms in total. The van der Waals surface area contributed by atoms with Gasteiger partial charge < -0.3 is 19.7 Å². The number of aromatic nitrogens is 2. The van der Waals surface area contributed by atoms with E-state index in [1.807, 2.05) is 6.07 Å². The Kier molecular flexibility index (Phi) is 8.25. The van der Waals surface area contributed by atoms with Gasteiger partial charge in [-0.15, -0.1) is 0 Å². The van der Waals surface area contributed by atoms with Gasteiger partial charge in [-0.2, -0.15) is 0 Å². The van der Waals surface area contributed by atoms with E-state index in [9.17, 15) is 4.79 Å². The largest absolute Gasteiger partial charge is 0.497 e. The van der Waals surface area contributed by atoms with Gasteiger partial charge in [-0.1, -0.05) is 42.1 Å². The van der Waals surface area contributed by atoms with Gasteiger partial charge in [-0.3, -0.25) is 4.79 Å². The van der Waals surface area contributed by atoms with Gasteiger partial charge in [0.2, 0.25) is 5.91 Å². The molecule has 1 amide bonds. The maximum absolute atomic E-state index is 12.5. The maximum atomic E-state index is 12.5. The minimum absolute atomic E-state index is 0.160. The first-order valence-corrected chi connectivity index (χ1v) is 12.4. The number of nitrogens with one attached hydrogen (secondary N) is 1. The van der Waals surface area contributed by atoms with E-state index in [-0.39, 0.29) is 11.7 Å². The molecule has 1 N–H and O–H groups in total. The molecule has 0 bridgehead atoms. The Balaban J connectivity index is 1.29. The van der Waals surface area contributed by atoms with Gasteiger partial charge in [0.25, 0.3) is 0 Å². The summed E-state index contributed by atoms with van der Waals surface area (Å²) in [4.78, 5) is 23.9. The number of methoxy groups -OCH3 is 2. The third-order valence-electron chi connectivity index (χ3n) is 5.94. The van der Waals surface area contributed by atoms with E-state index < -0.39 is 0 Å². The zero-order chi connectivity index (χ0) is 23.8. The average molecular weight is 479 g/mol. The highest BCUT2D eigenvalue weighted by Crippen LogP contribution is 2.29. The Hall–Kier alpha value is -3.26. The molecule has 2 aromatic carbocycles. The van der Waals surface area contributed by atoms with Crippen LogP contribution in [-0.4, -0.2) is 48.9 Å². The number of carbonyl (C=O) groups is 1. The number of benzene rings is 2. The first-order chi connectivity index (χ1) is 16.6. The summed E-state index contributed by atoms with van der Waals surface area (Å²) in [5.74, 6) is 2.88. The molecule has 1 aliphatic heterocycles. The summed E-state index contributed by atoms with van der Waals surface area (Å²) in [6, 6.07) is 17.9. The Morgan fingerprint density at radius 1 is 1.09 bits per heavy atom. The molecule has 8 heteroatoms. The molecule has 0 unspecified atom stereocenters. The lowest BCUT2D eigenvalue weighted by Crippen LogP contribution is -2.35. The van der Waals surface area contributed by atoms with Crippen molar-refractivity contribution in [1.29, 1.82) is 0 Å². The lowest BCUT2D eigenvalue weighted by atomic mass is 9.90. The summed E-state index contributed by atoms with van der Waals surface area (Å²) in [7, 11) is 3.15. The molecule has 3 aromatic rings. The highest BCUT2D eigenvalue weighted by atomic mass is 32.2. The first-order valence-electron chi connectivity index (χ1n) is 11.4. The summed E-state index contributed by atoms with van der Waals surface area (Å²) in [6.45, 7) is 1.96. The Bertz CT molecular complexity index is 1090. The third-order valence-corrected chi connectivity index (χ3v) is 6.80. The normalized spacial score (nSPS) is 14.0. The average Bonchev–Trinajstić information content (AvgIpc) is 2.88. The lowest BCUT2D eigenvalue weighted by molar-refractivity contribution is -0.113. The molecule has 178 valence electrons. The molecule has 1 fully saturated rings. The van der Waals surface area contributed by atoms with Gasteiger partial charge in [0.05, 0.1) is 25.7 Å². The van der Waals surface area contributed by atoms with E-state index in [2.05, 4.69) is 45.5 Å². The lowest BCUT2D eigenvalue weighted by Gasteiger charge is -2.33. The molecule has 4 rings (SSSR count). The van der Waals surface area contributed by atoms with E-state index in [4.69, 9.17) is 14.5 Å². The number of amides is 1. The SMILES string of the molecule is COc1ccc(OC)c(NC(=O)CSc2nccc(N3CCC(Cc4ccccc4)CC3)n2)c1. The number of hydrogen-bond donors (Lipinski definition) is 1. The zero-order valence-corrected chi connectivity index (χ0v) is 20.4. The van der Waals surface area contributed by atoms with Crippen molar-refractivity contribution in [2.45, 2.75) is 24.4 Å². The fourth-order valence-electron chi connectivity index (χ4n) is 4.12.